The molecule has 2 aromatic carbocycles. The maximum absolute atomic E-state index is 12.5. The van der Waals surface area contributed by atoms with Gasteiger partial charge in [0.1, 0.15) is 6.04 Å². The number of azo groups is 1. The Morgan fingerprint density at radius 2 is 1.62 bits per heavy atom. The lowest BCUT2D eigenvalue weighted by atomic mass is 10.1. The molecule has 1 unspecified atom stereocenters. The first-order valence-corrected chi connectivity index (χ1v) is 9.00. The zero-order valence-corrected chi connectivity index (χ0v) is 16.1. The van der Waals surface area contributed by atoms with E-state index < -0.39 is 17.9 Å². The Bertz CT molecular complexity index is 862. The Morgan fingerprint density at radius 1 is 1.00 bits per heavy atom. The molecule has 0 bridgehead atoms. The Hall–Kier alpha value is -3.75. The van der Waals surface area contributed by atoms with Gasteiger partial charge in [-0.3, -0.25) is 9.79 Å². The highest BCUT2D eigenvalue weighted by atomic mass is 16.5. The fourth-order valence-electron chi connectivity index (χ4n) is 2.43. The number of ether oxygens (including phenoxy) is 1. The normalized spacial score (nSPS) is 11.6. The third-order valence-electron chi connectivity index (χ3n) is 3.90. The second-order valence-electron chi connectivity index (χ2n) is 6.08. The molecule has 9 heteroatoms. The monoisotopic (exact) mass is 396 g/mol. The van der Waals surface area contributed by atoms with Crippen molar-refractivity contribution in [2.45, 2.75) is 18.9 Å². The van der Waals surface area contributed by atoms with Crippen LogP contribution in [0.4, 0.5) is 11.4 Å². The lowest BCUT2D eigenvalue weighted by molar-refractivity contribution is -0.143. The first-order chi connectivity index (χ1) is 14.0. The van der Waals surface area contributed by atoms with Crippen LogP contribution in [0.25, 0.3) is 0 Å². The van der Waals surface area contributed by atoms with Crippen molar-refractivity contribution in [3.8, 4) is 0 Å². The fraction of sp³-hybridized carbons (Fsp3) is 0.250. The van der Waals surface area contributed by atoms with Crippen LogP contribution in [-0.2, 0) is 9.53 Å². The summed E-state index contributed by atoms with van der Waals surface area (Å²) in [4.78, 5) is 28.3. The van der Waals surface area contributed by atoms with Crippen molar-refractivity contribution >= 4 is 29.2 Å². The number of rotatable bonds is 9. The number of esters is 1. The first kappa shape index (κ1) is 21.5. The molecule has 0 aliphatic heterocycles. The number of carbonyl (C=O) groups excluding carboxylic acids is 2. The smallest absolute Gasteiger partial charge is 0.328 e. The summed E-state index contributed by atoms with van der Waals surface area (Å²) in [5.74, 6) is -0.946. The summed E-state index contributed by atoms with van der Waals surface area (Å²) < 4.78 is 4.75. The molecule has 9 nitrogen and oxygen atoms in total. The zero-order valence-electron chi connectivity index (χ0n) is 16.1. The molecule has 2 aromatic rings. The van der Waals surface area contributed by atoms with Crippen LogP contribution in [0.1, 0.15) is 23.2 Å². The molecule has 2 rings (SSSR count). The van der Waals surface area contributed by atoms with Gasteiger partial charge in [0.05, 0.1) is 18.5 Å². The molecule has 1 atom stereocenters. The molecule has 0 aliphatic rings. The molecule has 0 saturated carbocycles. The van der Waals surface area contributed by atoms with Gasteiger partial charge < -0.3 is 21.5 Å². The van der Waals surface area contributed by atoms with Gasteiger partial charge in [-0.25, -0.2) is 4.79 Å². The van der Waals surface area contributed by atoms with E-state index in [9.17, 15) is 9.59 Å². The molecular weight excluding hydrogens is 372 g/mol. The van der Waals surface area contributed by atoms with Crippen LogP contribution in [-0.4, -0.2) is 37.5 Å². The summed E-state index contributed by atoms with van der Waals surface area (Å²) in [6, 6.07) is 15.1. The number of hydrogen-bond donors (Lipinski definition) is 3. The molecular formula is C20H24N6O3. The van der Waals surface area contributed by atoms with E-state index in [0.29, 0.717) is 30.6 Å². The lowest BCUT2D eigenvalue weighted by Crippen LogP contribution is -2.41. The number of amides is 1. The van der Waals surface area contributed by atoms with Gasteiger partial charge in [0, 0.05) is 12.1 Å². The van der Waals surface area contributed by atoms with Crippen molar-refractivity contribution in [3.63, 3.8) is 0 Å². The topological polar surface area (TPSA) is 145 Å². The molecule has 0 aliphatic carbocycles. The highest BCUT2D eigenvalue weighted by Gasteiger charge is 2.21. The number of aliphatic imine (C=N–C) groups is 1. The molecule has 29 heavy (non-hydrogen) atoms. The molecule has 1 amide bonds. The number of nitrogens with one attached hydrogen (secondary N) is 1. The summed E-state index contributed by atoms with van der Waals surface area (Å²) in [5, 5.41) is 10.9. The van der Waals surface area contributed by atoms with E-state index in [1.165, 1.54) is 7.11 Å². The maximum Gasteiger partial charge on any atom is 0.328 e. The molecule has 0 aromatic heterocycles. The minimum atomic E-state index is -0.792. The maximum atomic E-state index is 12.5. The van der Waals surface area contributed by atoms with Crippen molar-refractivity contribution in [2.75, 3.05) is 13.7 Å². The summed E-state index contributed by atoms with van der Waals surface area (Å²) in [6.45, 7) is 0.354. The number of nitrogens with zero attached hydrogens (tertiary/aromatic N) is 3. The predicted molar refractivity (Wildman–Crippen MR) is 110 cm³/mol. The van der Waals surface area contributed by atoms with Crippen molar-refractivity contribution < 1.29 is 14.3 Å². The van der Waals surface area contributed by atoms with Crippen molar-refractivity contribution in [2.24, 2.45) is 26.7 Å². The largest absolute Gasteiger partial charge is 0.467 e. The number of benzene rings is 2. The number of hydrogen-bond acceptors (Lipinski definition) is 6. The summed E-state index contributed by atoms with van der Waals surface area (Å²) in [5.41, 5.74) is 12.3. The third-order valence-corrected chi connectivity index (χ3v) is 3.90. The van der Waals surface area contributed by atoms with E-state index in [-0.39, 0.29) is 5.96 Å². The Balaban J connectivity index is 1.97. The van der Waals surface area contributed by atoms with E-state index in [2.05, 4.69) is 20.5 Å². The standard InChI is InChI=1S/C20H24N6O3/c1-29-19(28)17(8-5-13-23-20(21)22)24-18(27)14-9-11-16(12-10-14)26-25-15-6-3-2-4-7-15/h2-4,6-7,9-12,17H,5,8,13H2,1H3,(H,24,27)(H4,21,22,23). The minimum Gasteiger partial charge on any atom is -0.467 e. The van der Waals surface area contributed by atoms with E-state index in [0.717, 1.165) is 5.69 Å². The number of carbonyl (C=O) groups is 2. The van der Waals surface area contributed by atoms with Crippen LogP contribution in [0.5, 0.6) is 0 Å². The average Bonchev–Trinajstić information content (AvgIpc) is 2.74. The van der Waals surface area contributed by atoms with E-state index in [4.69, 9.17) is 16.2 Å². The van der Waals surface area contributed by atoms with Crippen LogP contribution >= 0.6 is 0 Å². The lowest BCUT2D eigenvalue weighted by Gasteiger charge is -2.16. The van der Waals surface area contributed by atoms with Gasteiger partial charge in [-0.2, -0.15) is 10.2 Å². The molecule has 152 valence electrons. The second kappa shape index (κ2) is 11.2. The van der Waals surface area contributed by atoms with Crippen LogP contribution in [0.2, 0.25) is 0 Å². The van der Waals surface area contributed by atoms with Crippen LogP contribution in [0, 0.1) is 0 Å². The van der Waals surface area contributed by atoms with Crippen LogP contribution in [0.15, 0.2) is 69.8 Å². The van der Waals surface area contributed by atoms with E-state index in [1.54, 1.807) is 24.3 Å². The summed E-state index contributed by atoms with van der Waals surface area (Å²) in [6.07, 6.45) is 0.856. The summed E-state index contributed by atoms with van der Waals surface area (Å²) in [7, 11) is 1.27. The predicted octanol–water partition coefficient (Wildman–Crippen LogP) is 2.43. The fourth-order valence-corrected chi connectivity index (χ4v) is 2.43. The average molecular weight is 396 g/mol. The quantitative estimate of drug-likeness (QED) is 0.196. The van der Waals surface area contributed by atoms with Crippen molar-refractivity contribution in [1.29, 1.82) is 0 Å². The molecule has 0 radical (unpaired) electrons. The van der Waals surface area contributed by atoms with Crippen molar-refractivity contribution in [1.82, 2.24) is 5.32 Å². The van der Waals surface area contributed by atoms with Gasteiger partial charge in [0.25, 0.3) is 5.91 Å². The highest BCUT2D eigenvalue weighted by Crippen LogP contribution is 2.18. The molecule has 0 heterocycles. The van der Waals surface area contributed by atoms with Gasteiger partial charge in [-0.15, -0.1) is 0 Å². The SMILES string of the molecule is COC(=O)C(CCCN=C(N)N)NC(=O)c1ccc(N=Nc2ccccc2)cc1. The Labute approximate surface area is 168 Å². The highest BCUT2D eigenvalue weighted by molar-refractivity contribution is 5.97. The minimum absolute atomic E-state index is 0.0202. The zero-order chi connectivity index (χ0) is 21.1. The third kappa shape index (κ3) is 7.41. The van der Waals surface area contributed by atoms with Crippen molar-refractivity contribution in [3.05, 3.63) is 60.2 Å². The number of guanidine groups is 1. The molecule has 0 spiro atoms. The van der Waals surface area contributed by atoms with Crippen LogP contribution in [0.3, 0.4) is 0 Å². The van der Waals surface area contributed by atoms with Gasteiger partial charge in [0.15, 0.2) is 5.96 Å². The Kier molecular flexibility index (Phi) is 8.30. The molecule has 5 N–H and O–H groups in total. The van der Waals surface area contributed by atoms with Gasteiger partial charge in [-0.05, 0) is 49.2 Å². The Morgan fingerprint density at radius 3 is 2.21 bits per heavy atom. The van der Waals surface area contributed by atoms with Crippen LogP contribution < -0.4 is 16.8 Å². The van der Waals surface area contributed by atoms with E-state index in [1.807, 2.05) is 30.3 Å². The van der Waals surface area contributed by atoms with Gasteiger partial charge >= 0.3 is 5.97 Å². The van der Waals surface area contributed by atoms with Gasteiger partial charge in [0.2, 0.25) is 0 Å². The number of nitrogens with two attached hydrogens (primary N) is 2. The number of methoxy groups -OCH3 is 1. The summed E-state index contributed by atoms with van der Waals surface area (Å²) >= 11 is 0. The molecule has 0 saturated heterocycles. The first-order valence-electron chi connectivity index (χ1n) is 9.00. The van der Waals surface area contributed by atoms with E-state index >= 15 is 0 Å². The second-order valence-corrected chi connectivity index (χ2v) is 6.08. The van der Waals surface area contributed by atoms with Gasteiger partial charge in [-0.1, -0.05) is 18.2 Å². The molecule has 0 fully saturated rings.